The Morgan fingerprint density at radius 1 is 1.25 bits per heavy atom. The number of likely N-dealkylation sites (tertiary alicyclic amines) is 2. The van der Waals surface area contributed by atoms with Crippen molar-refractivity contribution in [1.82, 2.24) is 9.80 Å². The van der Waals surface area contributed by atoms with Gasteiger partial charge >= 0.3 is 6.09 Å². The fraction of sp³-hybridized carbons (Fsp3) is 0.933. The molecule has 0 spiro atoms. The first-order chi connectivity index (χ1) is 9.40. The maximum atomic E-state index is 12.1. The molecule has 2 heterocycles. The fourth-order valence-electron chi connectivity index (χ4n) is 3.21. The topological polar surface area (TPSA) is 42.0 Å². The third-order valence-electron chi connectivity index (χ3n) is 4.07. The van der Waals surface area contributed by atoms with Gasteiger partial charge in [-0.2, -0.15) is 0 Å². The van der Waals surface area contributed by atoms with Crippen LogP contribution in [0.1, 0.15) is 40.0 Å². The molecule has 5 heteroatoms. The zero-order chi connectivity index (χ0) is 14.8. The van der Waals surface area contributed by atoms with Gasteiger partial charge < -0.3 is 14.4 Å². The van der Waals surface area contributed by atoms with Gasteiger partial charge in [0.25, 0.3) is 0 Å². The Morgan fingerprint density at radius 3 is 2.65 bits per heavy atom. The van der Waals surface area contributed by atoms with Crippen molar-refractivity contribution in [1.29, 1.82) is 0 Å². The number of ether oxygens (including phenoxy) is 2. The summed E-state index contributed by atoms with van der Waals surface area (Å²) in [5.41, 5.74) is -0.415. The highest BCUT2D eigenvalue weighted by Crippen LogP contribution is 2.26. The van der Waals surface area contributed by atoms with Crippen molar-refractivity contribution in [2.45, 2.75) is 57.7 Å². The molecule has 0 aromatic heterocycles. The van der Waals surface area contributed by atoms with Crippen LogP contribution >= 0.6 is 0 Å². The number of rotatable bonds is 3. The molecule has 2 fully saturated rings. The van der Waals surface area contributed by atoms with Crippen molar-refractivity contribution in [2.75, 3.05) is 33.4 Å². The average Bonchev–Trinajstić information content (AvgIpc) is 2.94. The van der Waals surface area contributed by atoms with E-state index in [1.54, 1.807) is 7.11 Å². The normalized spacial score (nSPS) is 28.1. The van der Waals surface area contributed by atoms with Crippen LogP contribution in [0.15, 0.2) is 0 Å². The summed E-state index contributed by atoms with van der Waals surface area (Å²) >= 11 is 0. The third kappa shape index (κ3) is 3.85. The first-order valence-corrected chi connectivity index (χ1v) is 7.63. The lowest BCUT2D eigenvalue weighted by atomic mass is 10.2. The second-order valence-corrected chi connectivity index (χ2v) is 6.86. The number of hydrogen-bond acceptors (Lipinski definition) is 4. The lowest BCUT2D eigenvalue weighted by molar-refractivity contribution is 0.0270. The standard InChI is InChI=1S/C15H28N2O3/c1-15(2,3)20-14(18)16-9-7-12(10-16)17-8-5-6-13(17)11-19-4/h12-13H,5-11H2,1-4H3/t12-,13-/m0/s1. The highest BCUT2D eigenvalue weighted by Gasteiger charge is 2.37. The summed E-state index contributed by atoms with van der Waals surface area (Å²) in [6, 6.07) is 0.980. The van der Waals surface area contributed by atoms with Crippen LogP contribution in [0.5, 0.6) is 0 Å². The molecule has 0 saturated carbocycles. The molecular weight excluding hydrogens is 256 g/mol. The Balaban J connectivity index is 1.87. The van der Waals surface area contributed by atoms with E-state index in [2.05, 4.69) is 4.90 Å². The number of carbonyl (C=O) groups excluding carboxylic acids is 1. The molecule has 20 heavy (non-hydrogen) atoms. The number of hydrogen-bond donors (Lipinski definition) is 0. The first kappa shape index (κ1) is 15.6. The fourth-order valence-corrected chi connectivity index (χ4v) is 3.21. The lowest BCUT2D eigenvalue weighted by Crippen LogP contribution is -2.44. The Kier molecular flexibility index (Phi) is 4.91. The van der Waals surface area contributed by atoms with Crippen LogP contribution < -0.4 is 0 Å². The van der Waals surface area contributed by atoms with E-state index >= 15 is 0 Å². The molecule has 2 rings (SSSR count). The SMILES string of the molecule is COC[C@@H]1CCCN1[C@H]1CCN(C(=O)OC(C)(C)C)C1. The number of methoxy groups -OCH3 is 1. The summed E-state index contributed by atoms with van der Waals surface area (Å²) in [5, 5.41) is 0. The molecule has 0 aliphatic carbocycles. The van der Waals surface area contributed by atoms with Gasteiger partial charge in [-0.25, -0.2) is 4.79 Å². The first-order valence-electron chi connectivity index (χ1n) is 7.63. The molecule has 0 unspecified atom stereocenters. The highest BCUT2D eigenvalue weighted by atomic mass is 16.6. The van der Waals surface area contributed by atoms with Crippen molar-refractivity contribution in [3.8, 4) is 0 Å². The van der Waals surface area contributed by atoms with E-state index in [9.17, 15) is 4.79 Å². The van der Waals surface area contributed by atoms with Gasteiger partial charge in [-0.05, 0) is 46.6 Å². The number of nitrogens with zero attached hydrogens (tertiary/aromatic N) is 2. The Morgan fingerprint density at radius 2 is 2.00 bits per heavy atom. The van der Waals surface area contributed by atoms with Gasteiger partial charge in [-0.15, -0.1) is 0 Å². The number of carbonyl (C=O) groups is 1. The molecule has 0 radical (unpaired) electrons. The van der Waals surface area contributed by atoms with E-state index in [0.29, 0.717) is 12.1 Å². The monoisotopic (exact) mass is 284 g/mol. The zero-order valence-electron chi connectivity index (χ0n) is 13.2. The highest BCUT2D eigenvalue weighted by molar-refractivity contribution is 5.68. The Bertz CT molecular complexity index is 341. The third-order valence-corrected chi connectivity index (χ3v) is 4.07. The molecule has 0 aromatic carbocycles. The summed E-state index contributed by atoms with van der Waals surface area (Å²) in [5.74, 6) is 0. The van der Waals surface area contributed by atoms with Gasteiger partial charge in [0.05, 0.1) is 6.61 Å². The van der Waals surface area contributed by atoms with Crippen LogP contribution in [0.2, 0.25) is 0 Å². The molecule has 1 amide bonds. The number of amides is 1. The summed E-state index contributed by atoms with van der Waals surface area (Å²) < 4.78 is 10.8. The average molecular weight is 284 g/mol. The van der Waals surface area contributed by atoms with Crippen LogP contribution in [0.25, 0.3) is 0 Å². The van der Waals surface area contributed by atoms with Crippen molar-refractivity contribution >= 4 is 6.09 Å². The predicted molar refractivity (Wildman–Crippen MR) is 77.8 cm³/mol. The van der Waals surface area contributed by atoms with Gasteiger partial charge in [0.2, 0.25) is 0 Å². The second-order valence-electron chi connectivity index (χ2n) is 6.86. The van der Waals surface area contributed by atoms with E-state index in [-0.39, 0.29) is 6.09 Å². The quantitative estimate of drug-likeness (QED) is 0.796. The van der Waals surface area contributed by atoms with Crippen LogP contribution in [0.3, 0.4) is 0 Å². The van der Waals surface area contributed by atoms with E-state index in [1.807, 2.05) is 25.7 Å². The van der Waals surface area contributed by atoms with Crippen molar-refractivity contribution < 1.29 is 14.3 Å². The second kappa shape index (κ2) is 6.31. The van der Waals surface area contributed by atoms with E-state index in [1.165, 1.54) is 12.8 Å². The molecular formula is C15H28N2O3. The Hall–Kier alpha value is -0.810. The van der Waals surface area contributed by atoms with Crippen LogP contribution in [0.4, 0.5) is 4.79 Å². The van der Waals surface area contributed by atoms with E-state index in [4.69, 9.17) is 9.47 Å². The van der Waals surface area contributed by atoms with Crippen molar-refractivity contribution in [3.63, 3.8) is 0 Å². The van der Waals surface area contributed by atoms with Crippen LogP contribution in [0, 0.1) is 0 Å². The molecule has 2 aliphatic heterocycles. The maximum absolute atomic E-state index is 12.1. The van der Waals surface area contributed by atoms with Gasteiger partial charge in [0, 0.05) is 32.3 Å². The minimum Gasteiger partial charge on any atom is -0.444 e. The Labute approximate surface area is 122 Å². The largest absolute Gasteiger partial charge is 0.444 e. The molecule has 0 bridgehead atoms. The van der Waals surface area contributed by atoms with E-state index < -0.39 is 5.60 Å². The van der Waals surface area contributed by atoms with Crippen molar-refractivity contribution in [2.24, 2.45) is 0 Å². The van der Waals surface area contributed by atoms with E-state index in [0.717, 1.165) is 32.7 Å². The summed E-state index contributed by atoms with van der Waals surface area (Å²) in [6.45, 7) is 9.24. The van der Waals surface area contributed by atoms with Gasteiger partial charge in [0.1, 0.15) is 5.60 Å². The molecule has 2 saturated heterocycles. The lowest BCUT2D eigenvalue weighted by Gasteiger charge is -2.30. The summed E-state index contributed by atoms with van der Waals surface area (Å²) in [6.07, 6.45) is 3.30. The molecule has 0 aromatic rings. The predicted octanol–water partition coefficient (Wildman–Crippen LogP) is 2.11. The molecule has 0 N–H and O–H groups in total. The van der Waals surface area contributed by atoms with Crippen molar-refractivity contribution in [3.05, 3.63) is 0 Å². The summed E-state index contributed by atoms with van der Waals surface area (Å²) in [7, 11) is 1.76. The minimum absolute atomic E-state index is 0.178. The van der Waals surface area contributed by atoms with Gasteiger partial charge in [-0.1, -0.05) is 0 Å². The van der Waals surface area contributed by atoms with Crippen LogP contribution in [-0.2, 0) is 9.47 Å². The van der Waals surface area contributed by atoms with Crippen LogP contribution in [-0.4, -0.2) is 66.9 Å². The molecule has 2 aliphatic rings. The van der Waals surface area contributed by atoms with Gasteiger partial charge in [-0.3, -0.25) is 4.90 Å². The molecule has 116 valence electrons. The smallest absolute Gasteiger partial charge is 0.410 e. The molecule has 5 nitrogen and oxygen atoms in total. The summed E-state index contributed by atoms with van der Waals surface area (Å²) in [4.78, 5) is 16.5. The minimum atomic E-state index is -0.415. The zero-order valence-corrected chi connectivity index (χ0v) is 13.2. The van der Waals surface area contributed by atoms with Gasteiger partial charge in [0.15, 0.2) is 0 Å². The maximum Gasteiger partial charge on any atom is 0.410 e. The molecule has 2 atom stereocenters.